The molecule has 1 heterocycles. The summed E-state index contributed by atoms with van der Waals surface area (Å²) in [5, 5.41) is 31.6. The number of aromatic nitrogens is 3. The zero-order valence-electron chi connectivity index (χ0n) is 14.2. The number of nitro groups is 1. The lowest BCUT2D eigenvalue weighted by molar-refractivity contribution is -0.385. The molecule has 0 aliphatic rings. The van der Waals surface area contributed by atoms with E-state index in [-0.39, 0.29) is 0 Å². The first kappa shape index (κ1) is 18.3. The Morgan fingerprint density at radius 2 is 2.11 bits per heavy atom. The molecule has 138 valence electrons. The third-order valence-corrected chi connectivity index (χ3v) is 4.02. The molecule has 3 rings (SSSR count). The maximum Gasteiger partial charge on any atom is 0.311 e. The third-order valence-electron chi connectivity index (χ3n) is 3.76. The Hall–Kier alpha value is -3.53. The molecule has 27 heavy (non-hydrogen) atoms. The number of rotatable bonds is 6. The van der Waals surface area contributed by atoms with E-state index in [0.717, 1.165) is 11.3 Å². The first-order valence-electron chi connectivity index (χ1n) is 7.79. The van der Waals surface area contributed by atoms with Crippen LogP contribution < -0.4 is 4.74 Å². The van der Waals surface area contributed by atoms with Gasteiger partial charge in [0.05, 0.1) is 18.2 Å². The number of phenols is 1. The summed E-state index contributed by atoms with van der Waals surface area (Å²) in [5.41, 5.74) is 1.03. The number of nitrogens with one attached hydrogen (secondary N) is 1. The maximum atomic E-state index is 10.9. The van der Waals surface area contributed by atoms with Crippen LogP contribution >= 0.6 is 12.2 Å². The zero-order chi connectivity index (χ0) is 19.4. The smallest absolute Gasteiger partial charge is 0.311 e. The molecule has 9 nitrogen and oxygen atoms in total. The number of ether oxygens (including phenoxy) is 1. The van der Waals surface area contributed by atoms with Crippen molar-refractivity contribution in [1.29, 1.82) is 0 Å². The Kier molecular flexibility index (Phi) is 5.27. The molecule has 3 aromatic rings. The van der Waals surface area contributed by atoms with Crippen molar-refractivity contribution < 1.29 is 14.8 Å². The van der Waals surface area contributed by atoms with Gasteiger partial charge in [-0.05, 0) is 42.0 Å². The molecule has 0 saturated heterocycles. The van der Waals surface area contributed by atoms with E-state index in [2.05, 4.69) is 15.3 Å². The maximum absolute atomic E-state index is 10.9. The van der Waals surface area contributed by atoms with Gasteiger partial charge in [0, 0.05) is 18.1 Å². The SMILES string of the molecule is COc1ccc(Cc2n[nH]c(=S)n2/N=C/c2ccc(O)c([N+](=O)[O-])c2)cc1. The Labute approximate surface area is 158 Å². The molecule has 2 N–H and O–H groups in total. The summed E-state index contributed by atoms with van der Waals surface area (Å²) < 4.78 is 6.87. The van der Waals surface area contributed by atoms with E-state index in [0.29, 0.717) is 22.6 Å². The number of methoxy groups -OCH3 is 1. The number of aromatic hydroxyl groups is 1. The summed E-state index contributed by atoms with van der Waals surface area (Å²) in [6.07, 6.45) is 1.89. The molecule has 10 heteroatoms. The van der Waals surface area contributed by atoms with Gasteiger partial charge in [-0.25, -0.2) is 0 Å². The highest BCUT2D eigenvalue weighted by atomic mass is 32.1. The Balaban J connectivity index is 1.86. The van der Waals surface area contributed by atoms with Crippen LogP contribution in [0, 0.1) is 14.9 Å². The zero-order valence-corrected chi connectivity index (χ0v) is 15.0. The van der Waals surface area contributed by atoms with E-state index in [1.54, 1.807) is 7.11 Å². The highest BCUT2D eigenvalue weighted by molar-refractivity contribution is 7.71. The summed E-state index contributed by atoms with van der Waals surface area (Å²) in [7, 11) is 1.60. The lowest BCUT2D eigenvalue weighted by atomic mass is 10.1. The van der Waals surface area contributed by atoms with E-state index in [4.69, 9.17) is 17.0 Å². The lowest BCUT2D eigenvalue weighted by Crippen LogP contribution is -2.01. The van der Waals surface area contributed by atoms with Crippen LogP contribution in [0.1, 0.15) is 17.0 Å². The van der Waals surface area contributed by atoms with Gasteiger partial charge in [0.1, 0.15) is 5.75 Å². The van der Waals surface area contributed by atoms with Crippen LogP contribution in [0.3, 0.4) is 0 Å². The monoisotopic (exact) mass is 385 g/mol. The first-order chi connectivity index (χ1) is 13.0. The van der Waals surface area contributed by atoms with Crippen molar-refractivity contribution in [3.05, 3.63) is 74.3 Å². The number of benzene rings is 2. The number of nitrogens with zero attached hydrogens (tertiary/aromatic N) is 4. The van der Waals surface area contributed by atoms with Crippen LogP contribution in [-0.4, -0.2) is 38.2 Å². The van der Waals surface area contributed by atoms with Crippen molar-refractivity contribution in [2.24, 2.45) is 5.10 Å². The number of H-pyrrole nitrogens is 1. The Morgan fingerprint density at radius 1 is 1.37 bits per heavy atom. The molecule has 0 unspecified atom stereocenters. The highest BCUT2D eigenvalue weighted by Crippen LogP contribution is 2.25. The predicted molar refractivity (Wildman–Crippen MR) is 101 cm³/mol. The van der Waals surface area contributed by atoms with Crippen LogP contribution in [0.15, 0.2) is 47.6 Å². The van der Waals surface area contributed by atoms with Gasteiger partial charge in [0.2, 0.25) is 4.77 Å². The van der Waals surface area contributed by atoms with Crippen LogP contribution in [0.25, 0.3) is 0 Å². The quantitative estimate of drug-likeness (QED) is 0.291. The van der Waals surface area contributed by atoms with Crippen LogP contribution in [0.4, 0.5) is 5.69 Å². The summed E-state index contributed by atoms with van der Waals surface area (Å²) in [6.45, 7) is 0. The summed E-state index contributed by atoms with van der Waals surface area (Å²) in [5.74, 6) is 0.927. The minimum Gasteiger partial charge on any atom is -0.502 e. The number of phenolic OH excluding ortho intramolecular Hbond substituents is 1. The third kappa shape index (κ3) is 4.18. The molecular formula is C17H15N5O4S. The van der Waals surface area contributed by atoms with Gasteiger partial charge in [-0.15, -0.1) is 0 Å². The van der Waals surface area contributed by atoms with Gasteiger partial charge in [-0.3, -0.25) is 15.2 Å². The van der Waals surface area contributed by atoms with Gasteiger partial charge >= 0.3 is 5.69 Å². The molecular weight excluding hydrogens is 370 g/mol. The predicted octanol–water partition coefficient (Wildman–Crippen LogP) is 3.04. The van der Waals surface area contributed by atoms with Crippen LogP contribution in [0.5, 0.6) is 11.5 Å². The van der Waals surface area contributed by atoms with E-state index in [1.165, 1.54) is 29.1 Å². The van der Waals surface area contributed by atoms with Gasteiger partial charge in [-0.2, -0.15) is 14.9 Å². The van der Waals surface area contributed by atoms with Crippen molar-refractivity contribution in [3.63, 3.8) is 0 Å². The lowest BCUT2D eigenvalue weighted by Gasteiger charge is -2.03. The molecule has 0 aliphatic carbocycles. The summed E-state index contributed by atoms with van der Waals surface area (Å²) in [4.78, 5) is 10.3. The van der Waals surface area contributed by atoms with Crippen LogP contribution in [-0.2, 0) is 6.42 Å². The fourth-order valence-corrected chi connectivity index (χ4v) is 2.57. The topological polar surface area (TPSA) is 119 Å². The van der Waals surface area contributed by atoms with Gasteiger partial charge in [-0.1, -0.05) is 12.1 Å². The fraction of sp³-hybridized carbons (Fsp3) is 0.118. The van der Waals surface area contributed by atoms with E-state index >= 15 is 0 Å². The second-order valence-electron chi connectivity index (χ2n) is 5.53. The van der Waals surface area contributed by atoms with Crippen LogP contribution in [0.2, 0.25) is 0 Å². The van der Waals surface area contributed by atoms with Crippen molar-refractivity contribution in [2.45, 2.75) is 6.42 Å². The van der Waals surface area contributed by atoms with Crippen molar-refractivity contribution >= 4 is 24.1 Å². The Bertz CT molecular complexity index is 1060. The van der Waals surface area contributed by atoms with Gasteiger partial charge in [0.15, 0.2) is 11.6 Å². The average Bonchev–Trinajstić information content (AvgIpc) is 3.01. The average molecular weight is 385 g/mol. The molecule has 0 amide bonds. The number of aromatic amines is 1. The molecule has 1 aromatic heterocycles. The minimum absolute atomic E-state index is 0.294. The number of nitro benzene ring substituents is 1. The van der Waals surface area contributed by atoms with Gasteiger partial charge < -0.3 is 9.84 Å². The van der Waals surface area contributed by atoms with E-state index < -0.39 is 16.4 Å². The first-order valence-corrected chi connectivity index (χ1v) is 8.19. The molecule has 0 bridgehead atoms. The standard InChI is InChI=1S/C17H15N5O4S/c1-26-13-5-2-11(3-6-13)9-16-19-20-17(27)21(16)18-10-12-4-7-15(23)14(8-12)22(24)25/h2-8,10,23H,9H2,1H3,(H,20,27)/b18-10+. The number of hydrogen-bond donors (Lipinski definition) is 2. The second-order valence-corrected chi connectivity index (χ2v) is 5.92. The molecule has 0 aliphatic heterocycles. The minimum atomic E-state index is -0.661. The normalized spacial score (nSPS) is 11.0. The molecule has 0 saturated carbocycles. The van der Waals surface area contributed by atoms with Crippen molar-refractivity contribution in [1.82, 2.24) is 14.9 Å². The van der Waals surface area contributed by atoms with E-state index in [9.17, 15) is 15.2 Å². The number of hydrogen-bond acceptors (Lipinski definition) is 7. The summed E-state index contributed by atoms with van der Waals surface area (Å²) in [6, 6.07) is 11.5. The molecule has 0 atom stereocenters. The molecule has 0 spiro atoms. The van der Waals surface area contributed by atoms with Gasteiger partial charge in [0.25, 0.3) is 0 Å². The van der Waals surface area contributed by atoms with Crippen molar-refractivity contribution in [3.8, 4) is 11.5 Å². The Morgan fingerprint density at radius 3 is 2.78 bits per heavy atom. The molecule has 0 radical (unpaired) electrons. The second kappa shape index (κ2) is 7.79. The molecule has 0 fully saturated rings. The van der Waals surface area contributed by atoms with Crippen molar-refractivity contribution in [2.75, 3.05) is 7.11 Å². The summed E-state index contributed by atoms with van der Waals surface area (Å²) >= 11 is 5.20. The largest absolute Gasteiger partial charge is 0.502 e. The van der Waals surface area contributed by atoms with E-state index in [1.807, 2.05) is 24.3 Å². The highest BCUT2D eigenvalue weighted by Gasteiger charge is 2.13. The fourth-order valence-electron chi connectivity index (χ4n) is 2.38. The molecule has 2 aromatic carbocycles.